The summed E-state index contributed by atoms with van der Waals surface area (Å²) < 4.78 is 25.1. The van der Waals surface area contributed by atoms with Crippen LogP contribution < -0.4 is 5.48 Å². The average molecular weight is 311 g/mol. The Hall–Kier alpha value is -1.40. The second kappa shape index (κ2) is 7.04. The summed E-state index contributed by atoms with van der Waals surface area (Å²) in [4.78, 5) is 11.7. The highest BCUT2D eigenvalue weighted by Crippen LogP contribution is 2.30. The van der Waals surface area contributed by atoms with Gasteiger partial charge in [0.2, 0.25) is 5.91 Å². The van der Waals surface area contributed by atoms with Crippen LogP contribution in [-0.2, 0) is 21.1 Å². The Morgan fingerprint density at radius 3 is 2.52 bits per heavy atom. The van der Waals surface area contributed by atoms with Crippen LogP contribution in [0.1, 0.15) is 31.2 Å². The van der Waals surface area contributed by atoms with Crippen molar-refractivity contribution in [1.82, 2.24) is 5.48 Å². The van der Waals surface area contributed by atoms with Gasteiger partial charge in [-0.15, -0.1) is 0 Å². The molecule has 1 aliphatic carbocycles. The van der Waals surface area contributed by atoms with Gasteiger partial charge in [0.05, 0.1) is 16.9 Å². The molecule has 1 aromatic carbocycles. The second-order valence-corrected chi connectivity index (χ2v) is 7.85. The highest BCUT2D eigenvalue weighted by Gasteiger charge is 2.39. The zero-order valence-corrected chi connectivity index (χ0v) is 12.7. The molecule has 6 heteroatoms. The van der Waals surface area contributed by atoms with Gasteiger partial charge in [-0.05, 0) is 24.8 Å². The molecule has 1 amide bonds. The van der Waals surface area contributed by atoms with Crippen LogP contribution >= 0.6 is 0 Å². The maximum absolute atomic E-state index is 12.5. The first kappa shape index (κ1) is 16.0. The van der Waals surface area contributed by atoms with Gasteiger partial charge in [-0.25, -0.2) is 13.9 Å². The van der Waals surface area contributed by atoms with Crippen molar-refractivity contribution >= 4 is 15.7 Å². The zero-order valence-electron chi connectivity index (χ0n) is 11.9. The van der Waals surface area contributed by atoms with Crippen LogP contribution in [0.25, 0.3) is 0 Å². The van der Waals surface area contributed by atoms with E-state index in [-0.39, 0.29) is 5.75 Å². The lowest BCUT2D eigenvalue weighted by molar-refractivity contribution is -0.134. The van der Waals surface area contributed by atoms with E-state index in [9.17, 15) is 13.2 Å². The SMILES string of the molecule is O=C(NO)[C@@H]1CCCC[C@@H]1S(=O)(=O)CCc1ccccc1. The molecule has 0 saturated heterocycles. The number of benzene rings is 1. The summed E-state index contributed by atoms with van der Waals surface area (Å²) in [7, 11) is -3.36. The highest BCUT2D eigenvalue weighted by atomic mass is 32.2. The molecule has 0 heterocycles. The molecule has 21 heavy (non-hydrogen) atoms. The van der Waals surface area contributed by atoms with Gasteiger partial charge >= 0.3 is 0 Å². The first-order chi connectivity index (χ1) is 10.0. The van der Waals surface area contributed by atoms with Crippen molar-refractivity contribution in [2.24, 2.45) is 5.92 Å². The lowest BCUT2D eigenvalue weighted by Crippen LogP contribution is -2.43. The summed E-state index contributed by atoms with van der Waals surface area (Å²) in [5.74, 6) is -1.18. The smallest absolute Gasteiger partial charge is 0.247 e. The van der Waals surface area contributed by atoms with Gasteiger partial charge < -0.3 is 0 Å². The van der Waals surface area contributed by atoms with Crippen LogP contribution in [0.5, 0.6) is 0 Å². The molecular weight excluding hydrogens is 290 g/mol. The number of nitrogens with one attached hydrogen (secondary N) is 1. The van der Waals surface area contributed by atoms with Crippen LogP contribution in [0.3, 0.4) is 0 Å². The topological polar surface area (TPSA) is 83.5 Å². The molecular formula is C15H21NO4S. The zero-order chi connectivity index (χ0) is 15.3. The first-order valence-electron chi connectivity index (χ1n) is 7.24. The lowest BCUT2D eigenvalue weighted by Gasteiger charge is -2.29. The molecule has 1 saturated carbocycles. The van der Waals surface area contributed by atoms with E-state index < -0.39 is 26.9 Å². The highest BCUT2D eigenvalue weighted by molar-refractivity contribution is 7.92. The van der Waals surface area contributed by atoms with E-state index in [1.807, 2.05) is 30.3 Å². The van der Waals surface area contributed by atoms with Crippen LogP contribution in [0.2, 0.25) is 0 Å². The maximum Gasteiger partial charge on any atom is 0.247 e. The fourth-order valence-corrected chi connectivity index (χ4v) is 5.07. The van der Waals surface area contributed by atoms with E-state index in [1.165, 1.54) is 0 Å². The minimum atomic E-state index is -3.36. The normalized spacial score (nSPS) is 22.7. The minimum Gasteiger partial charge on any atom is -0.289 e. The summed E-state index contributed by atoms with van der Waals surface area (Å²) in [6.07, 6.45) is 3.09. The second-order valence-electron chi connectivity index (χ2n) is 5.51. The van der Waals surface area contributed by atoms with E-state index in [0.717, 1.165) is 18.4 Å². The Morgan fingerprint density at radius 2 is 1.86 bits per heavy atom. The van der Waals surface area contributed by atoms with Crippen LogP contribution in [0.15, 0.2) is 30.3 Å². The third-order valence-electron chi connectivity index (χ3n) is 4.13. The molecule has 2 atom stereocenters. The van der Waals surface area contributed by atoms with Crippen molar-refractivity contribution in [3.63, 3.8) is 0 Å². The van der Waals surface area contributed by atoms with E-state index in [2.05, 4.69) is 0 Å². The summed E-state index contributed by atoms with van der Waals surface area (Å²) in [5.41, 5.74) is 2.58. The van der Waals surface area contributed by atoms with Gasteiger partial charge in [0.25, 0.3) is 0 Å². The fourth-order valence-electron chi connectivity index (χ4n) is 2.97. The Balaban J connectivity index is 2.07. The van der Waals surface area contributed by atoms with Gasteiger partial charge in [-0.3, -0.25) is 10.0 Å². The molecule has 0 bridgehead atoms. The summed E-state index contributed by atoms with van der Waals surface area (Å²) in [5, 5.41) is 8.11. The average Bonchev–Trinajstić information content (AvgIpc) is 2.53. The fraction of sp³-hybridized carbons (Fsp3) is 0.533. The lowest BCUT2D eigenvalue weighted by atomic mass is 9.88. The molecule has 0 spiro atoms. The van der Waals surface area contributed by atoms with Crippen molar-refractivity contribution in [3.05, 3.63) is 35.9 Å². The molecule has 2 N–H and O–H groups in total. The Morgan fingerprint density at radius 1 is 1.19 bits per heavy atom. The number of hydrogen-bond donors (Lipinski definition) is 2. The van der Waals surface area contributed by atoms with Gasteiger partial charge in [0, 0.05) is 0 Å². The molecule has 5 nitrogen and oxygen atoms in total. The molecule has 0 unspecified atom stereocenters. The third kappa shape index (κ3) is 4.04. The van der Waals surface area contributed by atoms with Gasteiger partial charge in [-0.2, -0.15) is 0 Å². The number of hydroxylamine groups is 1. The third-order valence-corrected chi connectivity index (χ3v) is 6.39. The molecule has 1 aromatic rings. The molecule has 0 aliphatic heterocycles. The Labute approximate surface area is 125 Å². The van der Waals surface area contributed by atoms with Crippen molar-refractivity contribution < 1.29 is 18.4 Å². The van der Waals surface area contributed by atoms with Crippen molar-refractivity contribution in [2.75, 3.05) is 5.75 Å². The predicted octanol–water partition coefficient (Wildman–Crippen LogP) is 1.71. The van der Waals surface area contributed by atoms with Gasteiger partial charge in [0.1, 0.15) is 0 Å². The number of carbonyl (C=O) groups is 1. The summed E-state index contributed by atoms with van der Waals surface area (Å²) >= 11 is 0. The standard InChI is InChI=1S/C15H21NO4S/c17-15(16-18)13-8-4-5-9-14(13)21(19,20)11-10-12-6-2-1-3-7-12/h1-3,6-7,13-14,18H,4-5,8-11H2,(H,16,17)/t13-,14+/m1/s1. The quantitative estimate of drug-likeness (QED) is 0.640. The molecule has 1 fully saturated rings. The molecule has 0 aromatic heterocycles. The van der Waals surface area contributed by atoms with Crippen LogP contribution in [0, 0.1) is 5.92 Å². The Kier molecular flexibility index (Phi) is 5.36. The number of rotatable bonds is 5. The van der Waals surface area contributed by atoms with E-state index >= 15 is 0 Å². The molecule has 0 radical (unpaired) electrons. The van der Waals surface area contributed by atoms with Gasteiger partial charge in [0.15, 0.2) is 9.84 Å². The monoisotopic (exact) mass is 311 g/mol. The molecule has 1 aliphatic rings. The van der Waals surface area contributed by atoms with Crippen molar-refractivity contribution in [3.8, 4) is 0 Å². The molecule has 116 valence electrons. The largest absolute Gasteiger partial charge is 0.289 e. The number of amides is 1. The minimum absolute atomic E-state index is 0.0386. The number of carbonyl (C=O) groups excluding carboxylic acids is 1. The van der Waals surface area contributed by atoms with E-state index in [1.54, 1.807) is 5.48 Å². The van der Waals surface area contributed by atoms with Crippen molar-refractivity contribution in [1.29, 1.82) is 0 Å². The maximum atomic E-state index is 12.5. The van der Waals surface area contributed by atoms with Crippen molar-refractivity contribution in [2.45, 2.75) is 37.4 Å². The Bertz CT molecular complexity index is 571. The first-order valence-corrected chi connectivity index (χ1v) is 8.95. The van der Waals surface area contributed by atoms with Crippen LogP contribution in [0.4, 0.5) is 0 Å². The number of aryl methyl sites for hydroxylation is 1. The van der Waals surface area contributed by atoms with Crippen LogP contribution in [-0.4, -0.2) is 30.5 Å². The van der Waals surface area contributed by atoms with E-state index in [4.69, 9.17) is 5.21 Å². The molecule has 2 rings (SSSR count). The van der Waals surface area contributed by atoms with E-state index in [0.29, 0.717) is 19.3 Å². The van der Waals surface area contributed by atoms with Gasteiger partial charge in [-0.1, -0.05) is 43.2 Å². The number of sulfone groups is 1. The summed E-state index contributed by atoms with van der Waals surface area (Å²) in [6.45, 7) is 0. The number of hydrogen-bond acceptors (Lipinski definition) is 4. The predicted molar refractivity (Wildman–Crippen MR) is 79.6 cm³/mol. The summed E-state index contributed by atoms with van der Waals surface area (Å²) in [6, 6.07) is 9.44.